The highest BCUT2D eigenvalue weighted by Gasteiger charge is 2.22. The molecule has 0 radical (unpaired) electrons. The number of halogens is 1. The number of likely N-dealkylation sites (tertiary alicyclic amines) is 1. The average molecular weight is 523 g/mol. The van der Waals surface area contributed by atoms with E-state index in [2.05, 4.69) is 29.3 Å². The summed E-state index contributed by atoms with van der Waals surface area (Å²) >= 11 is 0. The predicted molar refractivity (Wildman–Crippen MR) is 129 cm³/mol. The van der Waals surface area contributed by atoms with Crippen molar-refractivity contribution in [2.75, 3.05) is 33.0 Å². The lowest BCUT2D eigenvalue weighted by molar-refractivity contribution is 0.129. The van der Waals surface area contributed by atoms with Gasteiger partial charge < -0.3 is 24.4 Å². The molecule has 0 spiro atoms. The summed E-state index contributed by atoms with van der Waals surface area (Å²) in [6.45, 7) is 5.93. The summed E-state index contributed by atoms with van der Waals surface area (Å²) < 4.78 is 16.9. The molecule has 0 unspecified atom stereocenters. The zero-order valence-electron chi connectivity index (χ0n) is 17.4. The standard InChI is InChI=1S/C23H29N3O3.HI/c1-2-24-23(25-13-10-18-8-9-21-22(16-18)28-17-27-21)26-14-11-20(12-15-26)29-19-6-4-3-5-7-19;/h3-9,16,20H,2,10-15,17H2,1H3,(H,24,25);1H. The number of piperidine rings is 1. The number of ether oxygens (including phenoxy) is 3. The van der Waals surface area contributed by atoms with Crippen LogP contribution < -0.4 is 19.5 Å². The van der Waals surface area contributed by atoms with Crippen molar-refractivity contribution in [2.45, 2.75) is 32.3 Å². The Kier molecular flexibility index (Phi) is 8.48. The summed E-state index contributed by atoms with van der Waals surface area (Å²) in [5, 5.41) is 3.44. The van der Waals surface area contributed by atoms with E-state index in [1.54, 1.807) is 0 Å². The van der Waals surface area contributed by atoms with Crippen molar-refractivity contribution < 1.29 is 14.2 Å². The van der Waals surface area contributed by atoms with Crippen molar-refractivity contribution in [3.8, 4) is 17.2 Å². The number of fused-ring (bicyclic) bond motifs is 1. The Morgan fingerprint density at radius 3 is 2.63 bits per heavy atom. The third kappa shape index (κ3) is 5.93. The Bertz CT molecular complexity index is 824. The van der Waals surface area contributed by atoms with Crippen molar-refractivity contribution in [3.05, 3.63) is 54.1 Å². The highest BCUT2D eigenvalue weighted by Crippen LogP contribution is 2.32. The van der Waals surface area contributed by atoms with E-state index in [1.807, 2.05) is 36.4 Å². The molecule has 0 saturated carbocycles. The average Bonchev–Trinajstić information content (AvgIpc) is 3.22. The molecule has 162 valence electrons. The number of nitrogens with one attached hydrogen (secondary N) is 1. The van der Waals surface area contributed by atoms with Gasteiger partial charge >= 0.3 is 0 Å². The van der Waals surface area contributed by atoms with Crippen LogP contribution in [0.1, 0.15) is 25.3 Å². The Labute approximate surface area is 195 Å². The number of hydrogen-bond donors (Lipinski definition) is 1. The molecule has 6 nitrogen and oxygen atoms in total. The molecule has 2 heterocycles. The number of rotatable bonds is 6. The maximum absolute atomic E-state index is 6.11. The lowest BCUT2D eigenvalue weighted by atomic mass is 10.1. The maximum atomic E-state index is 6.11. The molecule has 4 rings (SSSR count). The van der Waals surface area contributed by atoms with Crippen molar-refractivity contribution in [3.63, 3.8) is 0 Å². The third-order valence-corrected chi connectivity index (χ3v) is 5.22. The molecule has 2 aliphatic rings. The molecule has 1 saturated heterocycles. The van der Waals surface area contributed by atoms with Crippen LogP contribution in [-0.2, 0) is 6.42 Å². The Balaban J connectivity index is 0.00000256. The molecule has 30 heavy (non-hydrogen) atoms. The molecule has 0 aromatic heterocycles. The predicted octanol–water partition coefficient (Wildman–Crippen LogP) is 4.08. The van der Waals surface area contributed by atoms with Gasteiger partial charge in [0.15, 0.2) is 17.5 Å². The summed E-state index contributed by atoms with van der Waals surface area (Å²) in [7, 11) is 0. The lowest BCUT2D eigenvalue weighted by Gasteiger charge is -2.34. The first-order valence-corrected chi connectivity index (χ1v) is 10.5. The first-order valence-electron chi connectivity index (χ1n) is 10.5. The van der Waals surface area contributed by atoms with Gasteiger partial charge in [0.25, 0.3) is 0 Å². The molecule has 2 aromatic carbocycles. The molecular formula is C23H30IN3O3. The summed E-state index contributed by atoms with van der Waals surface area (Å²) in [5.41, 5.74) is 1.21. The maximum Gasteiger partial charge on any atom is 0.231 e. The Hall–Kier alpha value is -2.16. The van der Waals surface area contributed by atoms with Crippen molar-refractivity contribution >= 4 is 29.9 Å². The first kappa shape index (κ1) is 22.5. The second-order valence-electron chi connectivity index (χ2n) is 7.29. The summed E-state index contributed by atoms with van der Waals surface area (Å²) in [6.07, 6.45) is 3.15. The highest BCUT2D eigenvalue weighted by atomic mass is 127. The van der Waals surface area contributed by atoms with Gasteiger partial charge in [0.05, 0.1) is 0 Å². The Morgan fingerprint density at radius 2 is 1.87 bits per heavy atom. The van der Waals surface area contributed by atoms with Gasteiger partial charge in [0, 0.05) is 39.0 Å². The highest BCUT2D eigenvalue weighted by molar-refractivity contribution is 14.0. The van der Waals surface area contributed by atoms with E-state index in [9.17, 15) is 0 Å². The van der Waals surface area contributed by atoms with Crippen molar-refractivity contribution in [1.82, 2.24) is 10.2 Å². The normalized spacial score (nSPS) is 16.2. The third-order valence-electron chi connectivity index (χ3n) is 5.22. The molecule has 0 aliphatic carbocycles. The molecule has 0 bridgehead atoms. The molecular weight excluding hydrogens is 493 g/mol. The molecule has 2 aliphatic heterocycles. The van der Waals surface area contributed by atoms with E-state index in [4.69, 9.17) is 19.2 Å². The van der Waals surface area contributed by atoms with E-state index < -0.39 is 0 Å². The van der Waals surface area contributed by atoms with Gasteiger partial charge in [-0.2, -0.15) is 0 Å². The van der Waals surface area contributed by atoms with Crippen LogP contribution in [0.4, 0.5) is 0 Å². The molecule has 7 heteroatoms. The van der Waals surface area contributed by atoms with Crippen molar-refractivity contribution in [2.24, 2.45) is 4.99 Å². The fraction of sp³-hybridized carbons (Fsp3) is 0.435. The van der Waals surface area contributed by atoms with Gasteiger partial charge in [-0.1, -0.05) is 24.3 Å². The minimum atomic E-state index is 0. The van der Waals surface area contributed by atoms with Crippen LogP contribution in [0.2, 0.25) is 0 Å². The van der Waals surface area contributed by atoms with Crippen LogP contribution in [-0.4, -0.2) is 49.9 Å². The number of hydrogen-bond acceptors (Lipinski definition) is 4. The quantitative estimate of drug-likeness (QED) is 0.352. The topological polar surface area (TPSA) is 55.3 Å². The van der Waals surface area contributed by atoms with Gasteiger partial charge in [0.1, 0.15) is 11.9 Å². The van der Waals surface area contributed by atoms with Crippen LogP contribution in [0, 0.1) is 0 Å². The van der Waals surface area contributed by atoms with Crippen LogP contribution >= 0.6 is 24.0 Å². The zero-order valence-corrected chi connectivity index (χ0v) is 19.7. The first-order chi connectivity index (χ1) is 14.3. The van der Waals surface area contributed by atoms with Gasteiger partial charge in [-0.05, 0) is 43.2 Å². The minimum absolute atomic E-state index is 0. The number of aliphatic imine (C=N–C) groups is 1. The van der Waals surface area contributed by atoms with Gasteiger partial charge in [-0.15, -0.1) is 24.0 Å². The van der Waals surface area contributed by atoms with E-state index in [0.717, 1.165) is 68.6 Å². The van der Waals surface area contributed by atoms with Crippen LogP contribution in [0.15, 0.2) is 53.5 Å². The van der Waals surface area contributed by atoms with E-state index in [1.165, 1.54) is 5.56 Å². The van der Waals surface area contributed by atoms with E-state index >= 15 is 0 Å². The lowest BCUT2D eigenvalue weighted by Crippen LogP contribution is -2.47. The van der Waals surface area contributed by atoms with Crippen molar-refractivity contribution in [1.29, 1.82) is 0 Å². The molecule has 1 fully saturated rings. The van der Waals surface area contributed by atoms with Crippen LogP contribution in [0.5, 0.6) is 17.2 Å². The molecule has 0 atom stereocenters. The summed E-state index contributed by atoms with van der Waals surface area (Å²) in [6, 6.07) is 16.2. The fourth-order valence-corrected chi connectivity index (χ4v) is 3.69. The fourth-order valence-electron chi connectivity index (χ4n) is 3.69. The number of benzene rings is 2. The number of guanidine groups is 1. The Morgan fingerprint density at radius 1 is 1.10 bits per heavy atom. The largest absolute Gasteiger partial charge is 0.490 e. The number of nitrogens with zero attached hydrogens (tertiary/aromatic N) is 2. The molecule has 2 aromatic rings. The monoisotopic (exact) mass is 523 g/mol. The van der Waals surface area contributed by atoms with Gasteiger partial charge in [-0.3, -0.25) is 4.99 Å². The van der Waals surface area contributed by atoms with Crippen LogP contribution in [0.25, 0.3) is 0 Å². The zero-order chi connectivity index (χ0) is 19.9. The smallest absolute Gasteiger partial charge is 0.231 e. The summed E-state index contributed by atoms with van der Waals surface area (Å²) in [4.78, 5) is 7.19. The summed E-state index contributed by atoms with van der Waals surface area (Å²) in [5.74, 6) is 3.60. The van der Waals surface area contributed by atoms with E-state index in [0.29, 0.717) is 6.79 Å². The minimum Gasteiger partial charge on any atom is -0.490 e. The van der Waals surface area contributed by atoms with Gasteiger partial charge in [0.2, 0.25) is 6.79 Å². The van der Waals surface area contributed by atoms with Crippen LogP contribution in [0.3, 0.4) is 0 Å². The molecule has 0 amide bonds. The number of para-hydroxylation sites is 1. The molecule has 1 N–H and O–H groups in total. The SMILES string of the molecule is CCNC(=NCCc1ccc2c(c1)OCO2)N1CCC(Oc2ccccc2)CC1.I. The van der Waals surface area contributed by atoms with E-state index in [-0.39, 0.29) is 30.1 Å². The second-order valence-corrected chi connectivity index (χ2v) is 7.29. The van der Waals surface area contributed by atoms with Gasteiger partial charge in [-0.25, -0.2) is 0 Å². The second kappa shape index (κ2) is 11.3.